The number of benzene rings is 1. The molecule has 1 amide bonds. The predicted molar refractivity (Wildman–Crippen MR) is 133 cm³/mol. The molecule has 0 spiro atoms. The highest BCUT2D eigenvalue weighted by molar-refractivity contribution is 6.46. The molecule has 0 saturated carbocycles. The van der Waals surface area contributed by atoms with Gasteiger partial charge in [-0.25, -0.2) is 4.98 Å². The van der Waals surface area contributed by atoms with Crippen LogP contribution < -0.4 is 0 Å². The Labute approximate surface area is 200 Å². The van der Waals surface area contributed by atoms with Crippen LogP contribution in [0.1, 0.15) is 48.0 Å². The first-order valence-electron chi connectivity index (χ1n) is 11.8. The van der Waals surface area contributed by atoms with Crippen molar-refractivity contribution in [2.24, 2.45) is 0 Å². The summed E-state index contributed by atoms with van der Waals surface area (Å²) in [5.41, 5.74) is 4.68. The molecule has 3 heterocycles. The highest BCUT2D eigenvalue weighted by atomic mass is 16.3. The zero-order chi connectivity index (χ0) is 24.6. The monoisotopic (exact) mass is 460 g/mol. The van der Waals surface area contributed by atoms with Crippen molar-refractivity contribution in [1.82, 2.24) is 19.2 Å². The van der Waals surface area contributed by atoms with Crippen molar-refractivity contribution < 1.29 is 14.7 Å². The lowest BCUT2D eigenvalue weighted by Crippen LogP contribution is -2.38. The summed E-state index contributed by atoms with van der Waals surface area (Å²) in [7, 11) is 0. The van der Waals surface area contributed by atoms with E-state index in [2.05, 4.69) is 23.7 Å². The van der Waals surface area contributed by atoms with Gasteiger partial charge in [-0.3, -0.25) is 9.59 Å². The second-order valence-electron chi connectivity index (χ2n) is 8.86. The Kier molecular flexibility index (Phi) is 6.57. The van der Waals surface area contributed by atoms with E-state index in [4.69, 9.17) is 0 Å². The molecule has 2 aromatic heterocycles. The van der Waals surface area contributed by atoms with Crippen molar-refractivity contribution in [3.8, 4) is 0 Å². The SMILES string of the molecule is CCN(CC)CCN1C(=O)C(=O)C(=C(O)c2nc3c(C)cccn3c2C)C1c1ccc(C)cc1. The Morgan fingerprint density at radius 3 is 2.35 bits per heavy atom. The molecule has 1 atom stereocenters. The van der Waals surface area contributed by atoms with E-state index in [0.717, 1.165) is 29.8 Å². The number of hydrogen-bond donors (Lipinski definition) is 1. The van der Waals surface area contributed by atoms with E-state index in [9.17, 15) is 14.7 Å². The number of aromatic nitrogens is 2. The maximum absolute atomic E-state index is 13.3. The number of aliphatic hydroxyl groups is 1. The number of amides is 1. The summed E-state index contributed by atoms with van der Waals surface area (Å²) in [6.45, 7) is 12.7. The number of likely N-dealkylation sites (N-methyl/N-ethyl adjacent to an activating group) is 1. The van der Waals surface area contributed by atoms with E-state index in [1.165, 1.54) is 0 Å². The lowest BCUT2D eigenvalue weighted by atomic mass is 9.95. The Morgan fingerprint density at radius 1 is 1.06 bits per heavy atom. The van der Waals surface area contributed by atoms with Crippen molar-refractivity contribution >= 4 is 23.1 Å². The maximum atomic E-state index is 13.3. The smallest absolute Gasteiger partial charge is 0.295 e. The number of pyridine rings is 1. The van der Waals surface area contributed by atoms with E-state index >= 15 is 0 Å². The molecular formula is C27H32N4O3. The number of carbonyl (C=O) groups is 2. The third-order valence-corrected chi connectivity index (χ3v) is 6.79. The molecule has 0 bridgehead atoms. The number of fused-ring (bicyclic) bond motifs is 1. The normalized spacial score (nSPS) is 17.9. The number of aliphatic hydroxyl groups excluding tert-OH is 1. The summed E-state index contributed by atoms with van der Waals surface area (Å²) in [4.78, 5) is 34.9. The molecule has 1 aliphatic heterocycles. The number of carbonyl (C=O) groups excluding carboxylic acids is 2. The number of rotatable bonds is 7. The van der Waals surface area contributed by atoms with Crippen LogP contribution in [0.3, 0.4) is 0 Å². The third kappa shape index (κ3) is 4.01. The number of Topliss-reactive ketones (excluding diaryl/α,β-unsaturated/α-hetero) is 1. The fraction of sp³-hybridized carbons (Fsp3) is 0.370. The van der Waals surface area contributed by atoms with Crippen molar-refractivity contribution in [3.63, 3.8) is 0 Å². The standard InChI is InChI=1S/C27H32N4O3/c1-6-29(7-2)15-16-31-23(20-12-10-17(3)11-13-20)21(25(33)27(31)34)24(32)22-19(5)30-14-8-9-18(4)26(30)28-22/h8-14,23,32H,6-7,15-16H2,1-5H3. The molecule has 4 rings (SSSR count). The molecular weight excluding hydrogens is 428 g/mol. The Morgan fingerprint density at radius 2 is 1.74 bits per heavy atom. The van der Waals surface area contributed by atoms with Gasteiger partial charge in [0.15, 0.2) is 5.76 Å². The molecule has 178 valence electrons. The molecule has 1 fully saturated rings. The van der Waals surface area contributed by atoms with Gasteiger partial charge in [-0.1, -0.05) is 49.7 Å². The molecule has 7 nitrogen and oxygen atoms in total. The zero-order valence-electron chi connectivity index (χ0n) is 20.5. The predicted octanol–water partition coefficient (Wildman–Crippen LogP) is 4.02. The topological polar surface area (TPSA) is 78.2 Å². The minimum atomic E-state index is -0.671. The number of ketones is 1. The van der Waals surface area contributed by atoms with Crippen LogP contribution in [0.4, 0.5) is 0 Å². The average molecular weight is 461 g/mol. The van der Waals surface area contributed by atoms with Gasteiger partial charge in [-0.2, -0.15) is 0 Å². The lowest BCUT2D eigenvalue weighted by Gasteiger charge is -2.28. The van der Waals surface area contributed by atoms with E-state index in [-0.39, 0.29) is 11.3 Å². The summed E-state index contributed by atoms with van der Waals surface area (Å²) >= 11 is 0. The van der Waals surface area contributed by atoms with Gasteiger partial charge in [0.2, 0.25) is 0 Å². The molecule has 0 aliphatic carbocycles. The molecule has 34 heavy (non-hydrogen) atoms. The first-order chi connectivity index (χ1) is 16.3. The Hall–Kier alpha value is -3.45. The molecule has 1 aliphatic rings. The van der Waals surface area contributed by atoms with Gasteiger partial charge < -0.3 is 19.3 Å². The van der Waals surface area contributed by atoms with Gasteiger partial charge in [-0.05, 0) is 51.1 Å². The van der Waals surface area contributed by atoms with Crippen LogP contribution in [0, 0.1) is 20.8 Å². The Bertz CT molecular complexity index is 1270. The van der Waals surface area contributed by atoms with Gasteiger partial charge in [0, 0.05) is 19.3 Å². The average Bonchev–Trinajstić information content (AvgIpc) is 3.30. The van der Waals surface area contributed by atoms with Crippen LogP contribution in [-0.2, 0) is 9.59 Å². The zero-order valence-corrected chi connectivity index (χ0v) is 20.5. The summed E-state index contributed by atoms with van der Waals surface area (Å²) < 4.78 is 1.89. The van der Waals surface area contributed by atoms with Crippen LogP contribution in [0.2, 0.25) is 0 Å². The molecule has 1 aromatic carbocycles. The van der Waals surface area contributed by atoms with E-state index in [0.29, 0.717) is 30.1 Å². The molecule has 3 aromatic rings. The van der Waals surface area contributed by atoms with Crippen LogP contribution in [0.15, 0.2) is 48.2 Å². The van der Waals surface area contributed by atoms with Crippen LogP contribution in [0.25, 0.3) is 11.4 Å². The van der Waals surface area contributed by atoms with Crippen molar-refractivity contribution in [3.05, 3.63) is 76.2 Å². The van der Waals surface area contributed by atoms with Crippen molar-refractivity contribution in [2.75, 3.05) is 26.2 Å². The van der Waals surface area contributed by atoms with Crippen molar-refractivity contribution in [2.45, 2.75) is 40.7 Å². The number of likely N-dealkylation sites (tertiary alicyclic amines) is 1. The number of imidazole rings is 1. The molecule has 1 saturated heterocycles. The van der Waals surface area contributed by atoms with Gasteiger partial charge in [0.25, 0.3) is 11.7 Å². The second kappa shape index (κ2) is 9.43. The third-order valence-electron chi connectivity index (χ3n) is 6.79. The minimum absolute atomic E-state index is 0.0950. The van der Waals surface area contributed by atoms with Gasteiger partial charge in [0.05, 0.1) is 17.3 Å². The summed E-state index contributed by atoms with van der Waals surface area (Å²) in [5, 5.41) is 11.4. The fourth-order valence-electron chi connectivity index (χ4n) is 4.67. The Balaban J connectivity index is 1.87. The summed E-state index contributed by atoms with van der Waals surface area (Å²) in [6, 6.07) is 11.0. The van der Waals surface area contributed by atoms with E-state index < -0.39 is 17.7 Å². The highest BCUT2D eigenvalue weighted by Crippen LogP contribution is 2.39. The largest absolute Gasteiger partial charge is 0.505 e. The summed E-state index contributed by atoms with van der Waals surface area (Å²) in [5.74, 6) is -1.48. The second-order valence-corrected chi connectivity index (χ2v) is 8.86. The van der Waals surface area contributed by atoms with Gasteiger partial charge >= 0.3 is 0 Å². The quantitative estimate of drug-likeness (QED) is 0.327. The number of aryl methyl sites for hydroxylation is 3. The highest BCUT2D eigenvalue weighted by Gasteiger charge is 2.46. The first-order valence-corrected chi connectivity index (χ1v) is 11.8. The maximum Gasteiger partial charge on any atom is 0.295 e. The fourth-order valence-corrected chi connectivity index (χ4v) is 4.67. The van der Waals surface area contributed by atoms with Crippen LogP contribution in [-0.4, -0.2) is 62.2 Å². The lowest BCUT2D eigenvalue weighted by molar-refractivity contribution is -0.140. The minimum Gasteiger partial charge on any atom is -0.505 e. The number of hydrogen-bond acceptors (Lipinski definition) is 5. The molecule has 1 unspecified atom stereocenters. The summed E-state index contributed by atoms with van der Waals surface area (Å²) in [6.07, 6.45) is 1.88. The van der Waals surface area contributed by atoms with Crippen LogP contribution in [0.5, 0.6) is 0 Å². The van der Waals surface area contributed by atoms with Gasteiger partial charge in [-0.15, -0.1) is 0 Å². The van der Waals surface area contributed by atoms with Crippen LogP contribution >= 0.6 is 0 Å². The van der Waals surface area contributed by atoms with Crippen molar-refractivity contribution in [1.29, 1.82) is 0 Å². The molecule has 7 heteroatoms. The number of nitrogens with zero attached hydrogens (tertiary/aromatic N) is 4. The van der Waals surface area contributed by atoms with Gasteiger partial charge in [0.1, 0.15) is 11.3 Å². The molecule has 0 radical (unpaired) electrons. The molecule has 1 N–H and O–H groups in total. The first kappa shape index (κ1) is 23.7. The van der Waals surface area contributed by atoms with E-state index in [1.54, 1.807) is 4.90 Å². The van der Waals surface area contributed by atoms with E-state index in [1.807, 2.05) is 67.8 Å².